The number of nitrogens with one attached hydrogen (secondary N) is 2. The van der Waals surface area contributed by atoms with Crippen molar-refractivity contribution in [2.24, 2.45) is 5.41 Å². The molecule has 2 aromatic carbocycles. The Bertz CT molecular complexity index is 2220. The standard InChI is InChI=1S/C38H32ClF2N5O4S2/c1-21-15-25(34(42-18-21)45-19-38(20-45)9-12-50-13-10-38)35(47)43-23-5-6-24(28(41)17-23)37(49)46-11-7-22-16-30(52-32(22)33-29(46)8-14-51-33)36(48)44-31-26(39)3-2-4-27(31)40/h2-6,8,14-18H,7,9-13,19-20H2,1H3,(H,43,47)(H,44,48). The van der Waals surface area contributed by atoms with Gasteiger partial charge >= 0.3 is 0 Å². The van der Waals surface area contributed by atoms with Gasteiger partial charge in [-0.3, -0.25) is 14.4 Å². The molecule has 0 unspecified atom stereocenters. The Labute approximate surface area is 311 Å². The first kappa shape index (κ1) is 34.4. The molecule has 52 heavy (non-hydrogen) atoms. The lowest BCUT2D eigenvalue weighted by atomic mass is 9.73. The van der Waals surface area contributed by atoms with E-state index >= 15 is 4.39 Å². The van der Waals surface area contributed by atoms with E-state index < -0.39 is 29.4 Å². The van der Waals surface area contributed by atoms with Gasteiger partial charge in [0.15, 0.2) is 0 Å². The third-order valence-electron chi connectivity index (χ3n) is 9.84. The second kappa shape index (κ2) is 13.7. The summed E-state index contributed by atoms with van der Waals surface area (Å²) in [6.07, 6.45) is 4.11. The molecule has 266 valence electrons. The van der Waals surface area contributed by atoms with Crippen LogP contribution in [0.1, 0.15) is 54.4 Å². The fraction of sp³-hybridized carbons (Fsp3) is 0.263. The van der Waals surface area contributed by atoms with Crippen LogP contribution in [-0.4, -0.2) is 55.6 Å². The van der Waals surface area contributed by atoms with Crippen LogP contribution >= 0.6 is 34.3 Å². The van der Waals surface area contributed by atoms with Crippen LogP contribution in [0.2, 0.25) is 5.02 Å². The molecule has 9 nitrogen and oxygen atoms in total. The summed E-state index contributed by atoms with van der Waals surface area (Å²) in [6, 6.07) is 13.6. The number of fused-ring (bicyclic) bond motifs is 3. The Morgan fingerprint density at radius 3 is 2.52 bits per heavy atom. The number of aromatic nitrogens is 1. The summed E-state index contributed by atoms with van der Waals surface area (Å²) in [5, 5.41) is 7.30. The van der Waals surface area contributed by atoms with Crippen LogP contribution in [0.5, 0.6) is 0 Å². The highest BCUT2D eigenvalue weighted by atomic mass is 35.5. The number of amides is 3. The number of thiophene rings is 2. The summed E-state index contributed by atoms with van der Waals surface area (Å²) in [5.41, 5.74) is 2.85. The maximum atomic E-state index is 15.7. The number of para-hydroxylation sites is 1. The molecule has 2 N–H and O–H groups in total. The number of rotatable bonds is 6. The predicted octanol–water partition coefficient (Wildman–Crippen LogP) is 8.44. The molecule has 8 rings (SSSR count). The van der Waals surface area contributed by atoms with Gasteiger partial charge in [0.25, 0.3) is 17.7 Å². The normalized spacial score (nSPS) is 16.1. The highest BCUT2D eigenvalue weighted by Gasteiger charge is 2.45. The Morgan fingerprint density at radius 1 is 0.942 bits per heavy atom. The third-order valence-corrected chi connectivity index (χ3v) is 12.4. The van der Waals surface area contributed by atoms with Crippen molar-refractivity contribution in [3.8, 4) is 9.75 Å². The topological polar surface area (TPSA) is 104 Å². The van der Waals surface area contributed by atoms with Gasteiger partial charge in [-0.05, 0) is 91.2 Å². The van der Waals surface area contributed by atoms with Crippen molar-refractivity contribution in [2.45, 2.75) is 26.2 Å². The van der Waals surface area contributed by atoms with Gasteiger partial charge in [-0.2, -0.15) is 0 Å². The molecule has 14 heteroatoms. The first-order valence-corrected chi connectivity index (χ1v) is 18.8. The number of benzene rings is 2. The van der Waals surface area contributed by atoms with E-state index in [0.29, 0.717) is 28.4 Å². The van der Waals surface area contributed by atoms with E-state index in [1.807, 2.05) is 12.3 Å². The average molecular weight is 760 g/mol. The summed E-state index contributed by atoms with van der Waals surface area (Å²) in [7, 11) is 0. The van der Waals surface area contributed by atoms with E-state index in [-0.39, 0.29) is 33.9 Å². The van der Waals surface area contributed by atoms with Crippen molar-refractivity contribution in [1.29, 1.82) is 0 Å². The number of aryl methyl sites for hydroxylation is 1. The number of anilines is 4. The third kappa shape index (κ3) is 6.36. The lowest BCUT2D eigenvalue weighted by molar-refractivity contribution is -0.000511. The molecule has 1 spiro atoms. The van der Waals surface area contributed by atoms with Crippen molar-refractivity contribution in [2.75, 3.05) is 53.3 Å². The molecular weight excluding hydrogens is 728 g/mol. The van der Waals surface area contributed by atoms with Crippen LogP contribution < -0.4 is 20.4 Å². The van der Waals surface area contributed by atoms with Crippen molar-refractivity contribution >= 4 is 74.9 Å². The number of nitrogens with zero attached hydrogens (tertiary/aromatic N) is 3. The summed E-state index contributed by atoms with van der Waals surface area (Å²) >= 11 is 8.75. The summed E-state index contributed by atoms with van der Waals surface area (Å²) < 4.78 is 35.6. The second-order valence-corrected chi connectivity index (χ2v) is 15.7. The van der Waals surface area contributed by atoms with Crippen LogP contribution in [-0.2, 0) is 11.2 Å². The van der Waals surface area contributed by atoms with Gasteiger partial charge in [-0.15, -0.1) is 22.7 Å². The molecule has 3 aromatic heterocycles. The number of hydrogen-bond donors (Lipinski definition) is 2. The Hall–Kier alpha value is -4.69. The SMILES string of the molecule is Cc1cnc(N2CC3(CCOCC3)C2)c(C(=O)Nc2ccc(C(=O)N3CCc4cc(C(=O)Nc5c(F)cccc5Cl)sc4-c4sccc43)c(F)c2)c1. The van der Waals surface area contributed by atoms with Gasteiger partial charge in [-0.25, -0.2) is 13.8 Å². The van der Waals surface area contributed by atoms with Gasteiger partial charge in [0, 0.05) is 50.1 Å². The van der Waals surface area contributed by atoms with Crippen molar-refractivity contribution < 1.29 is 27.9 Å². The van der Waals surface area contributed by atoms with E-state index in [1.165, 1.54) is 57.9 Å². The minimum Gasteiger partial charge on any atom is -0.381 e. The van der Waals surface area contributed by atoms with Crippen LogP contribution in [0.4, 0.5) is 31.7 Å². The largest absolute Gasteiger partial charge is 0.381 e. The first-order valence-electron chi connectivity index (χ1n) is 16.8. The fourth-order valence-electron chi connectivity index (χ4n) is 7.08. The van der Waals surface area contributed by atoms with Crippen molar-refractivity contribution in [3.63, 3.8) is 0 Å². The molecule has 3 aliphatic heterocycles. The second-order valence-electron chi connectivity index (χ2n) is 13.4. The number of ether oxygens (including phenoxy) is 1. The summed E-state index contributed by atoms with van der Waals surface area (Å²) in [6.45, 7) is 5.18. The summed E-state index contributed by atoms with van der Waals surface area (Å²) in [4.78, 5) is 50.8. The van der Waals surface area contributed by atoms with E-state index in [1.54, 1.807) is 24.4 Å². The van der Waals surface area contributed by atoms with Crippen LogP contribution in [0.15, 0.2) is 66.2 Å². The number of hydrogen-bond acceptors (Lipinski definition) is 8. The maximum Gasteiger partial charge on any atom is 0.265 e. The van der Waals surface area contributed by atoms with E-state index in [9.17, 15) is 18.8 Å². The molecule has 6 heterocycles. The summed E-state index contributed by atoms with van der Waals surface area (Å²) in [5.74, 6) is -2.25. The van der Waals surface area contributed by atoms with Gasteiger partial charge in [0.05, 0.1) is 42.2 Å². The zero-order valence-electron chi connectivity index (χ0n) is 27.9. The molecule has 0 atom stereocenters. The molecule has 2 saturated heterocycles. The minimum atomic E-state index is -0.767. The molecule has 3 amide bonds. The maximum absolute atomic E-state index is 15.7. The van der Waals surface area contributed by atoms with Crippen LogP contribution in [0.25, 0.3) is 9.75 Å². The van der Waals surface area contributed by atoms with Crippen LogP contribution in [0.3, 0.4) is 0 Å². The fourth-order valence-corrected chi connectivity index (χ4v) is 9.49. The minimum absolute atomic E-state index is 0.0902. The smallest absolute Gasteiger partial charge is 0.265 e. The molecule has 0 saturated carbocycles. The predicted molar refractivity (Wildman–Crippen MR) is 200 cm³/mol. The first-order chi connectivity index (χ1) is 25.1. The number of halogens is 3. The highest BCUT2D eigenvalue weighted by molar-refractivity contribution is 7.23. The van der Waals surface area contributed by atoms with Gasteiger partial charge in [0.2, 0.25) is 0 Å². The van der Waals surface area contributed by atoms with Crippen LogP contribution in [0, 0.1) is 24.0 Å². The molecule has 0 aliphatic carbocycles. The lowest BCUT2D eigenvalue weighted by Gasteiger charge is -2.53. The highest BCUT2D eigenvalue weighted by Crippen LogP contribution is 2.46. The zero-order valence-corrected chi connectivity index (χ0v) is 30.3. The molecule has 5 aromatic rings. The molecule has 2 fully saturated rings. The molecule has 0 radical (unpaired) electrons. The van der Waals surface area contributed by atoms with E-state index in [4.69, 9.17) is 16.3 Å². The monoisotopic (exact) mass is 759 g/mol. The van der Waals surface area contributed by atoms with Crippen molar-refractivity contribution in [1.82, 2.24) is 4.98 Å². The Kier molecular flexibility index (Phi) is 9.06. The van der Waals surface area contributed by atoms with Gasteiger partial charge in [0.1, 0.15) is 17.5 Å². The lowest BCUT2D eigenvalue weighted by Crippen LogP contribution is -2.59. The van der Waals surface area contributed by atoms with Gasteiger partial charge < -0.3 is 25.2 Å². The number of carbonyl (C=O) groups excluding carboxylic acids is 3. The van der Waals surface area contributed by atoms with Crippen molar-refractivity contribution in [3.05, 3.63) is 110 Å². The van der Waals surface area contributed by atoms with E-state index in [0.717, 1.165) is 66.1 Å². The Balaban J connectivity index is 0.981. The molecule has 0 bridgehead atoms. The average Bonchev–Trinajstić information content (AvgIpc) is 3.74. The molecular formula is C38H32ClF2N5O4S2. The molecule has 3 aliphatic rings. The number of pyridine rings is 1. The Morgan fingerprint density at radius 2 is 1.75 bits per heavy atom. The quantitative estimate of drug-likeness (QED) is 0.180. The zero-order chi connectivity index (χ0) is 36.1. The van der Waals surface area contributed by atoms with E-state index in [2.05, 4.69) is 20.5 Å². The number of carbonyl (C=O) groups is 3. The van der Waals surface area contributed by atoms with Gasteiger partial charge in [-0.1, -0.05) is 17.7 Å².